The third-order valence-corrected chi connectivity index (χ3v) is 4.91. The molecule has 0 N–H and O–H groups in total. The Morgan fingerprint density at radius 2 is 1.74 bits per heavy atom. The van der Waals surface area contributed by atoms with Crippen molar-refractivity contribution >= 4 is 5.78 Å². The van der Waals surface area contributed by atoms with Crippen LogP contribution in [0.5, 0.6) is 0 Å². The van der Waals surface area contributed by atoms with Gasteiger partial charge in [-0.1, -0.05) is 81.7 Å². The maximum Gasteiger partial charge on any atom is 0.155 e. The van der Waals surface area contributed by atoms with Crippen LogP contribution in [0.3, 0.4) is 0 Å². The number of hydrogen-bond donors (Lipinski definition) is 0. The maximum atomic E-state index is 12.7. The van der Waals surface area contributed by atoms with E-state index in [1.54, 1.807) is 0 Å². The zero-order chi connectivity index (χ0) is 16.4. The van der Waals surface area contributed by atoms with E-state index < -0.39 is 5.41 Å². The Hall–Kier alpha value is -1.55. The predicted octanol–water partition coefficient (Wildman–Crippen LogP) is 5.82. The van der Waals surface area contributed by atoms with Crippen molar-refractivity contribution in [3.63, 3.8) is 0 Å². The molecule has 0 radical (unpaired) electrons. The van der Waals surface area contributed by atoms with Gasteiger partial charge in [0.05, 0.1) is 0 Å². The molecular formula is C22H30O. The zero-order valence-electron chi connectivity index (χ0n) is 14.6. The molecule has 1 nitrogen and oxygen atoms in total. The summed E-state index contributed by atoms with van der Waals surface area (Å²) in [5.41, 5.74) is 0.571. The first-order chi connectivity index (χ1) is 11.3. The molecule has 1 aliphatic rings. The van der Waals surface area contributed by atoms with Gasteiger partial charge in [-0.05, 0) is 24.8 Å². The minimum absolute atomic E-state index is 0.324. The van der Waals surface area contributed by atoms with E-state index in [4.69, 9.17) is 0 Å². The average molecular weight is 310 g/mol. The predicted molar refractivity (Wildman–Crippen MR) is 97.4 cm³/mol. The number of carbonyl (C=O) groups is 1. The average Bonchev–Trinajstić information content (AvgIpc) is 2.60. The molecule has 2 rings (SSSR count). The number of hydrogen-bond acceptors (Lipinski definition) is 1. The van der Waals surface area contributed by atoms with Crippen LogP contribution in [0.4, 0.5) is 0 Å². The fraction of sp³-hybridized carbons (Fsp3) is 0.591. The number of benzene rings is 1. The smallest absolute Gasteiger partial charge is 0.155 e. The number of carbonyl (C=O) groups excluding carboxylic acids is 1. The van der Waals surface area contributed by atoms with Gasteiger partial charge in [0.15, 0.2) is 5.78 Å². The number of Topliss-reactive ketones (excluding diaryl/α,β-unsaturated/α-hetero) is 1. The minimum Gasteiger partial charge on any atom is -0.298 e. The SMILES string of the molecule is CCCCCCCCC#CC1(c2ccccc2)CCCCC1=O. The summed E-state index contributed by atoms with van der Waals surface area (Å²) in [7, 11) is 0. The Kier molecular flexibility index (Phi) is 7.40. The lowest BCUT2D eigenvalue weighted by Gasteiger charge is -2.31. The van der Waals surface area contributed by atoms with Crippen molar-refractivity contribution < 1.29 is 4.79 Å². The van der Waals surface area contributed by atoms with Crippen LogP contribution in [-0.2, 0) is 10.2 Å². The monoisotopic (exact) mass is 310 g/mol. The van der Waals surface area contributed by atoms with E-state index in [1.807, 2.05) is 18.2 Å². The van der Waals surface area contributed by atoms with Crippen LogP contribution in [0.2, 0.25) is 0 Å². The molecule has 1 aromatic rings. The molecule has 0 bridgehead atoms. The third-order valence-electron chi connectivity index (χ3n) is 4.91. The Morgan fingerprint density at radius 1 is 1.00 bits per heavy atom. The van der Waals surface area contributed by atoms with Crippen LogP contribution in [0, 0.1) is 11.8 Å². The highest BCUT2D eigenvalue weighted by Gasteiger charge is 2.39. The summed E-state index contributed by atoms with van der Waals surface area (Å²) in [6.07, 6.45) is 12.3. The summed E-state index contributed by atoms with van der Waals surface area (Å²) in [6, 6.07) is 10.2. The van der Waals surface area contributed by atoms with Crippen molar-refractivity contribution in [1.29, 1.82) is 0 Å². The summed E-state index contributed by atoms with van der Waals surface area (Å²) in [5, 5.41) is 0. The highest BCUT2D eigenvalue weighted by molar-refractivity contribution is 5.94. The van der Waals surface area contributed by atoms with Crippen LogP contribution in [0.25, 0.3) is 0 Å². The van der Waals surface area contributed by atoms with Gasteiger partial charge in [0.1, 0.15) is 5.41 Å². The van der Waals surface area contributed by atoms with Crippen LogP contribution in [0.15, 0.2) is 30.3 Å². The maximum absolute atomic E-state index is 12.7. The fourth-order valence-electron chi connectivity index (χ4n) is 3.47. The van der Waals surface area contributed by atoms with Gasteiger partial charge in [0.2, 0.25) is 0 Å². The largest absolute Gasteiger partial charge is 0.298 e. The summed E-state index contributed by atoms with van der Waals surface area (Å²) in [6.45, 7) is 2.25. The number of ketones is 1. The van der Waals surface area contributed by atoms with E-state index in [-0.39, 0.29) is 0 Å². The molecule has 0 amide bonds. The molecule has 0 saturated heterocycles. The zero-order valence-corrected chi connectivity index (χ0v) is 14.6. The van der Waals surface area contributed by atoms with E-state index in [9.17, 15) is 4.79 Å². The molecule has 0 heterocycles. The molecule has 23 heavy (non-hydrogen) atoms. The van der Waals surface area contributed by atoms with E-state index in [0.29, 0.717) is 12.2 Å². The molecule has 1 unspecified atom stereocenters. The molecule has 1 aliphatic carbocycles. The molecule has 0 aliphatic heterocycles. The molecule has 124 valence electrons. The second-order valence-corrected chi connectivity index (χ2v) is 6.72. The highest BCUT2D eigenvalue weighted by atomic mass is 16.1. The van der Waals surface area contributed by atoms with E-state index in [2.05, 4.69) is 30.9 Å². The van der Waals surface area contributed by atoms with E-state index in [0.717, 1.165) is 37.7 Å². The Morgan fingerprint density at radius 3 is 2.48 bits per heavy atom. The van der Waals surface area contributed by atoms with Gasteiger partial charge in [-0.2, -0.15) is 0 Å². The molecule has 1 heteroatoms. The molecule has 1 aromatic carbocycles. The summed E-state index contributed by atoms with van der Waals surface area (Å²) >= 11 is 0. The fourth-order valence-corrected chi connectivity index (χ4v) is 3.47. The van der Waals surface area contributed by atoms with Crippen molar-refractivity contribution in [2.24, 2.45) is 0 Å². The first-order valence-corrected chi connectivity index (χ1v) is 9.38. The van der Waals surface area contributed by atoms with Crippen molar-refractivity contribution in [2.45, 2.75) is 83.0 Å². The van der Waals surface area contributed by atoms with Gasteiger partial charge < -0.3 is 0 Å². The van der Waals surface area contributed by atoms with E-state index >= 15 is 0 Å². The standard InChI is InChI=1S/C22H30O/c1-2-3-4-5-6-7-8-13-18-22(19-14-12-17-21(22)23)20-15-10-9-11-16-20/h9-11,15-16H,2-8,12,14,17,19H2,1H3. The number of unbranched alkanes of at least 4 members (excludes halogenated alkanes) is 6. The van der Waals surface area contributed by atoms with E-state index in [1.165, 1.54) is 32.1 Å². The van der Waals surface area contributed by atoms with Crippen molar-refractivity contribution in [2.75, 3.05) is 0 Å². The second-order valence-electron chi connectivity index (χ2n) is 6.72. The lowest BCUT2D eigenvalue weighted by atomic mass is 9.69. The summed E-state index contributed by atoms with van der Waals surface area (Å²) in [5.74, 6) is 7.07. The van der Waals surface area contributed by atoms with Gasteiger partial charge in [-0.15, -0.1) is 5.92 Å². The highest BCUT2D eigenvalue weighted by Crippen LogP contribution is 2.36. The Bertz CT molecular complexity index is 534. The molecule has 1 saturated carbocycles. The first-order valence-electron chi connectivity index (χ1n) is 9.38. The van der Waals surface area contributed by atoms with Crippen LogP contribution >= 0.6 is 0 Å². The quantitative estimate of drug-likeness (QED) is 0.458. The van der Waals surface area contributed by atoms with Gasteiger partial charge in [-0.25, -0.2) is 0 Å². The van der Waals surface area contributed by atoms with Crippen LogP contribution in [-0.4, -0.2) is 5.78 Å². The lowest BCUT2D eigenvalue weighted by Crippen LogP contribution is -2.37. The first kappa shape index (κ1) is 17.8. The van der Waals surface area contributed by atoms with Crippen molar-refractivity contribution in [3.8, 4) is 11.8 Å². The molecule has 1 atom stereocenters. The lowest BCUT2D eigenvalue weighted by molar-refractivity contribution is -0.124. The Labute approximate surface area is 141 Å². The summed E-state index contributed by atoms with van der Waals surface area (Å²) < 4.78 is 0. The van der Waals surface area contributed by atoms with Crippen molar-refractivity contribution in [1.82, 2.24) is 0 Å². The normalized spacial score (nSPS) is 20.8. The second kappa shape index (κ2) is 9.56. The van der Waals surface area contributed by atoms with Gasteiger partial charge in [0, 0.05) is 12.8 Å². The number of rotatable bonds is 7. The van der Waals surface area contributed by atoms with Crippen LogP contribution in [0.1, 0.15) is 83.1 Å². The topological polar surface area (TPSA) is 17.1 Å². The molecular weight excluding hydrogens is 280 g/mol. The third kappa shape index (κ3) is 4.96. The minimum atomic E-state index is -0.526. The Balaban J connectivity index is 1.97. The van der Waals surface area contributed by atoms with Gasteiger partial charge in [-0.3, -0.25) is 4.79 Å². The molecule has 0 spiro atoms. The summed E-state index contributed by atoms with van der Waals surface area (Å²) in [4.78, 5) is 12.7. The molecule has 0 aromatic heterocycles. The molecule has 1 fully saturated rings. The van der Waals surface area contributed by atoms with Gasteiger partial charge in [0.25, 0.3) is 0 Å². The van der Waals surface area contributed by atoms with Gasteiger partial charge >= 0.3 is 0 Å². The van der Waals surface area contributed by atoms with Crippen molar-refractivity contribution in [3.05, 3.63) is 35.9 Å². The van der Waals surface area contributed by atoms with Crippen LogP contribution < -0.4 is 0 Å².